The average molecular weight is 346 g/mol. The molecule has 0 bridgehead atoms. The van der Waals surface area contributed by atoms with Gasteiger partial charge in [0.2, 0.25) is 11.8 Å². The lowest BCUT2D eigenvalue weighted by atomic mass is 9.67. The first kappa shape index (κ1) is 24.2. The molecule has 0 saturated carbocycles. The molecule has 26 heavy (non-hydrogen) atoms. The first-order valence-electron chi connectivity index (χ1n) is 8.14. The minimum atomic E-state index is -1.01. The Hall–Kier alpha value is -1.84. The molecule has 7 N–H and O–H groups in total. The van der Waals surface area contributed by atoms with Crippen molar-refractivity contribution in [3.05, 3.63) is 22.0 Å². The second-order valence-corrected chi connectivity index (χ2v) is 5.75. The van der Waals surface area contributed by atoms with E-state index in [0.29, 0.717) is 31.4 Å². The van der Waals surface area contributed by atoms with Crippen molar-refractivity contribution in [3.8, 4) is 12.3 Å². The number of rotatable bonds is 11. The maximum Gasteiger partial charge on any atom is 0.240 e. The van der Waals surface area contributed by atoms with Crippen LogP contribution in [0.3, 0.4) is 0 Å². The summed E-state index contributed by atoms with van der Waals surface area (Å²) in [5.41, 5.74) is 17.1. The molecule has 2 atom stereocenters. The van der Waals surface area contributed by atoms with Crippen LogP contribution in [0.25, 0.3) is 0 Å². The summed E-state index contributed by atoms with van der Waals surface area (Å²) in [6, 6.07) is -1.84. The van der Waals surface area contributed by atoms with E-state index < -0.39 is 23.9 Å². The van der Waals surface area contributed by atoms with E-state index in [1.54, 1.807) is 0 Å². The first-order valence-corrected chi connectivity index (χ1v) is 8.14. The molecule has 0 aromatic heterocycles. The molecule has 0 aliphatic heterocycles. The maximum absolute atomic E-state index is 12.3. The van der Waals surface area contributed by atoms with E-state index >= 15 is 0 Å². The molecule has 0 aromatic carbocycles. The summed E-state index contributed by atoms with van der Waals surface area (Å²) in [6.07, 6.45) is 6.92. The van der Waals surface area contributed by atoms with Gasteiger partial charge in [0.05, 0.1) is 13.9 Å². The number of terminal acetylenes is 1. The molecule has 0 heterocycles. The van der Waals surface area contributed by atoms with E-state index in [0.717, 1.165) is 0 Å². The fraction of sp³-hybridized carbons (Fsp3) is 0.500. The lowest BCUT2D eigenvalue weighted by Crippen LogP contribution is -2.50. The van der Waals surface area contributed by atoms with Gasteiger partial charge in [-0.3, -0.25) is 9.59 Å². The second-order valence-electron chi connectivity index (χ2n) is 5.75. The van der Waals surface area contributed by atoms with Crippen molar-refractivity contribution in [1.29, 1.82) is 0 Å². The van der Waals surface area contributed by atoms with Crippen molar-refractivity contribution in [3.63, 3.8) is 0 Å². The second kappa shape index (κ2) is 12.5. The normalized spacial score (nSPS) is 15.1. The van der Waals surface area contributed by atoms with Crippen LogP contribution >= 0.6 is 0 Å². The number of carbonyl (C=O) groups excluding carboxylic acids is 2. The molecule has 0 saturated heterocycles. The van der Waals surface area contributed by atoms with Crippen LogP contribution < -0.4 is 22.5 Å². The Morgan fingerprint density at radius 1 is 1.15 bits per heavy atom. The van der Waals surface area contributed by atoms with Gasteiger partial charge in [-0.25, -0.2) is 0 Å². The molecular weight excluding hydrogens is 323 g/mol. The Morgan fingerprint density at radius 2 is 1.77 bits per heavy atom. The van der Waals surface area contributed by atoms with Gasteiger partial charge in [0, 0.05) is 0 Å². The van der Waals surface area contributed by atoms with Gasteiger partial charge < -0.3 is 22.5 Å². The van der Waals surface area contributed by atoms with Gasteiger partial charge in [-0.2, -0.15) is 0 Å². The average Bonchev–Trinajstić information content (AvgIpc) is 2.62. The minimum Gasteiger partial charge on any atom is -0.368 e. The summed E-state index contributed by atoms with van der Waals surface area (Å²) in [7, 11) is 22.8. The third kappa shape index (κ3) is 8.03. The molecule has 6 nitrogen and oxygen atoms in total. The highest BCUT2D eigenvalue weighted by Crippen LogP contribution is 2.18. The number of nitrogens with two attached hydrogens (primary N) is 3. The number of carbonyl (C=O) groups is 2. The van der Waals surface area contributed by atoms with Gasteiger partial charge in [0.15, 0.2) is 0 Å². The molecule has 0 spiro atoms. The van der Waals surface area contributed by atoms with Crippen molar-refractivity contribution < 1.29 is 9.59 Å². The van der Waals surface area contributed by atoms with E-state index in [-0.39, 0.29) is 29.2 Å². The van der Waals surface area contributed by atoms with Crippen LogP contribution in [0.2, 0.25) is 6.32 Å². The fourth-order valence-electron chi connectivity index (χ4n) is 2.13. The molecule has 0 rings (SSSR count). The van der Waals surface area contributed by atoms with E-state index in [1.165, 1.54) is 0 Å². The zero-order valence-corrected chi connectivity index (χ0v) is 14.8. The molecule has 0 aromatic rings. The van der Waals surface area contributed by atoms with Gasteiger partial charge in [-0.1, -0.05) is 23.3 Å². The van der Waals surface area contributed by atoms with Crippen molar-refractivity contribution >= 4 is 43.2 Å². The molecule has 0 aliphatic carbocycles. The molecule has 0 fully saturated rings. The van der Waals surface area contributed by atoms with Gasteiger partial charge in [0.25, 0.3) is 0 Å². The standard InChI is InChI=1S/C16H22B4N4O2/c1-2-10(18)14(20)13(19)9(8-17)7-11(22)16(26)24-12(15(23)25)5-3-4-6-21/h1,11-12H,3-8,21-22H2,(H2,23,25)(H,24,26)/b13-9+,14-10-/t11-,12-/m0/s1. The molecule has 10 heteroatoms. The number of unbranched alkanes of at least 4 members (excludes halogenated alkanes) is 1. The predicted molar refractivity (Wildman–Crippen MR) is 107 cm³/mol. The smallest absolute Gasteiger partial charge is 0.240 e. The lowest BCUT2D eigenvalue weighted by molar-refractivity contribution is -0.128. The van der Waals surface area contributed by atoms with Crippen molar-refractivity contribution in [1.82, 2.24) is 5.32 Å². The number of hydrogen-bond donors (Lipinski definition) is 4. The Labute approximate surface area is 160 Å². The summed E-state index contributed by atoms with van der Waals surface area (Å²) < 4.78 is 0. The monoisotopic (exact) mass is 346 g/mol. The van der Waals surface area contributed by atoms with Crippen LogP contribution in [0.4, 0.5) is 0 Å². The van der Waals surface area contributed by atoms with Crippen molar-refractivity contribution in [2.24, 2.45) is 17.2 Å². The first-order chi connectivity index (χ1) is 12.2. The van der Waals surface area contributed by atoms with E-state index in [2.05, 4.69) is 11.2 Å². The van der Waals surface area contributed by atoms with Gasteiger partial charge in [-0.05, 0) is 32.2 Å². The molecular formula is C16H22B4N4O2. The Kier molecular flexibility index (Phi) is 11.6. The fourth-order valence-corrected chi connectivity index (χ4v) is 2.13. The Bertz CT molecular complexity index is 614. The van der Waals surface area contributed by atoms with E-state index in [4.69, 9.17) is 55.0 Å². The molecule has 0 unspecified atom stereocenters. The van der Waals surface area contributed by atoms with E-state index in [1.807, 2.05) is 0 Å². The van der Waals surface area contributed by atoms with Crippen LogP contribution in [-0.2, 0) is 9.59 Å². The van der Waals surface area contributed by atoms with Crippen LogP contribution in [-0.4, -0.2) is 61.8 Å². The third-order valence-corrected chi connectivity index (χ3v) is 3.77. The van der Waals surface area contributed by atoms with Crippen LogP contribution in [0.5, 0.6) is 0 Å². The van der Waals surface area contributed by atoms with Crippen molar-refractivity contribution in [2.75, 3.05) is 6.54 Å². The van der Waals surface area contributed by atoms with Crippen LogP contribution in [0.15, 0.2) is 22.0 Å². The third-order valence-electron chi connectivity index (χ3n) is 3.77. The van der Waals surface area contributed by atoms with Gasteiger partial charge in [0.1, 0.15) is 29.6 Å². The molecule has 130 valence electrons. The van der Waals surface area contributed by atoms with Crippen molar-refractivity contribution in [2.45, 2.75) is 44.1 Å². The Morgan fingerprint density at radius 3 is 2.23 bits per heavy atom. The van der Waals surface area contributed by atoms with E-state index in [9.17, 15) is 9.59 Å². The van der Waals surface area contributed by atoms with Crippen LogP contribution in [0.1, 0.15) is 25.7 Å². The summed E-state index contributed by atoms with van der Waals surface area (Å²) >= 11 is 0. The van der Waals surface area contributed by atoms with Crippen LogP contribution in [0, 0.1) is 12.3 Å². The Balaban J connectivity index is 5.11. The molecule has 8 radical (unpaired) electrons. The summed E-state index contributed by atoms with van der Waals surface area (Å²) in [4.78, 5) is 23.7. The summed E-state index contributed by atoms with van der Waals surface area (Å²) in [5.74, 6) is 0.960. The topological polar surface area (TPSA) is 124 Å². The predicted octanol–water partition coefficient (Wildman–Crippen LogP) is -2.01. The largest absolute Gasteiger partial charge is 0.368 e. The zero-order valence-electron chi connectivity index (χ0n) is 14.8. The number of amides is 2. The summed E-state index contributed by atoms with van der Waals surface area (Å²) in [5, 5.41) is 2.52. The highest BCUT2D eigenvalue weighted by atomic mass is 16.2. The number of allylic oxidation sites excluding steroid dienone is 3. The lowest BCUT2D eigenvalue weighted by Gasteiger charge is -2.21. The number of hydrogen-bond acceptors (Lipinski definition) is 4. The maximum atomic E-state index is 12.3. The van der Waals surface area contributed by atoms with Gasteiger partial charge in [-0.15, -0.1) is 17.4 Å². The SMILES string of the molecule is [B]C/C(C[C@H](N)C(=O)N[C@@H](CCCCN)C(N)=O)=C([B])\C([B])=C(\[B])C#C. The summed E-state index contributed by atoms with van der Waals surface area (Å²) in [6.45, 7) is 0.485. The minimum absolute atomic E-state index is 0.00110. The molecule has 0 aliphatic rings. The molecule has 2 amide bonds. The quantitative estimate of drug-likeness (QED) is 0.149. The highest BCUT2D eigenvalue weighted by Gasteiger charge is 2.22. The zero-order chi connectivity index (χ0) is 20.3. The highest BCUT2D eigenvalue weighted by molar-refractivity contribution is 6.42. The number of nitrogens with one attached hydrogen (secondary N) is 1. The van der Waals surface area contributed by atoms with Gasteiger partial charge >= 0.3 is 0 Å². The number of primary amides is 1.